The van der Waals surface area contributed by atoms with Gasteiger partial charge in [-0.15, -0.1) is 12.4 Å². The van der Waals surface area contributed by atoms with E-state index in [2.05, 4.69) is 0 Å². The van der Waals surface area contributed by atoms with E-state index in [9.17, 15) is 16.8 Å². The number of nitrogens with zero attached hydrogens (tertiary/aromatic N) is 1. The smallest absolute Gasteiger partial charge is 0.399 e. The maximum atomic E-state index is 10.3. The maximum absolute atomic E-state index is 10.3. The lowest BCUT2D eigenvalue weighted by atomic mass is 10.3. The summed E-state index contributed by atoms with van der Waals surface area (Å²) in [7, 11) is -6.51. The van der Waals surface area contributed by atoms with Crippen molar-refractivity contribution in [1.29, 1.82) is 0 Å². The van der Waals surface area contributed by atoms with E-state index in [0.717, 1.165) is 3.95 Å². The molecule has 0 aliphatic heterocycles. The Morgan fingerprint density at radius 3 is 2.30 bits per heavy atom. The Morgan fingerprint density at radius 1 is 1.40 bits per heavy atom. The summed E-state index contributed by atoms with van der Waals surface area (Å²) in [6.45, 7) is 1.54. The Labute approximate surface area is 124 Å². The maximum Gasteiger partial charge on any atom is 0.458 e. The average molecular weight is 344 g/mol. The standard InChI is InChI=1S/C6H6ClN.C4H9NO5S2/c7-5-2-1-3-6(8)4-5;1-2-5(11(6)7)3-4-12(8,9)10/h1-4H,8H2;2-4H2,1H3/p+1. The van der Waals surface area contributed by atoms with Crippen molar-refractivity contribution in [2.75, 3.05) is 24.6 Å². The van der Waals surface area contributed by atoms with Gasteiger partial charge in [0.15, 0.2) is 13.1 Å². The third kappa shape index (κ3) is 9.73. The van der Waals surface area contributed by atoms with Crippen molar-refractivity contribution in [2.45, 2.75) is 6.92 Å². The Morgan fingerprint density at radius 2 is 2.00 bits per heavy atom. The molecule has 0 saturated carbocycles. The molecule has 10 heteroatoms. The van der Waals surface area contributed by atoms with Crippen LogP contribution in [-0.4, -0.2) is 44.2 Å². The molecule has 0 bridgehead atoms. The Balaban J connectivity index is 0.000000388. The van der Waals surface area contributed by atoms with Crippen LogP contribution in [0.2, 0.25) is 5.02 Å². The summed E-state index contributed by atoms with van der Waals surface area (Å²) >= 11 is 5.56. The van der Waals surface area contributed by atoms with E-state index in [4.69, 9.17) is 21.9 Å². The van der Waals surface area contributed by atoms with E-state index in [1.54, 1.807) is 25.1 Å². The number of anilines is 1. The lowest BCUT2D eigenvalue weighted by Crippen LogP contribution is -2.20. The first kappa shape index (κ1) is 18.8. The number of nitrogen functional groups attached to an aromatic ring is 1. The SMILES string of the molecule is CC[N+](CCS(=O)(=O)O)=S(=O)=O.Nc1cccc(Cl)c1. The minimum atomic E-state index is -4.08. The van der Waals surface area contributed by atoms with Gasteiger partial charge in [0, 0.05) is 10.7 Å². The molecule has 0 aliphatic rings. The second-order valence-corrected chi connectivity index (χ2v) is 6.54. The van der Waals surface area contributed by atoms with E-state index in [1.165, 1.54) is 0 Å². The van der Waals surface area contributed by atoms with E-state index in [1.807, 2.05) is 6.07 Å². The molecule has 114 valence electrons. The zero-order valence-electron chi connectivity index (χ0n) is 10.7. The predicted octanol–water partition coefficient (Wildman–Crippen LogP) is 0.892. The summed E-state index contributed by atoms with van der Waals surface area (Å²) in [4.78, 5) is 0. The largest absolute Gasteiger partial charge is 0.458 e. The van der Waals surface area contributed by atoms with Gasteiger partial charge in [-0.2, -0.15) is 8.42 Å². The van der Waals surface area contributed by atoms with Crippen LogP contribution in [0.25, 0.3) is 0 Å². The molecule has 0 heterocycles. The molecule has 0 atom stereocenters. The number of hydrogen-bond acceptors (Lipinski definition) is 5. The highest BCUT2D eigenvalue weighted by atomic mass is 35.5. The van der Waals surface area contributed by atoms with Crippen molar-refractivity contribution in [3.63, 3.8) is 0 Å². The molecule has 0 saturated heterocycles. The Bertz CT molecular complexity index is 645. The fourth-order valence-electron chi connectivity index (χ4n) is 1.06. The zero-order valence-corrected chi connectivity index (χ0v) is 13.1. The normalized spacial score (nSPS) is 10.3. The van der Waals surface area contributed by atoms with E-state index < -0.39 is 26.4 Å². The van der Waals surface area contributed by atoms with Crippen molar-refractivity contribution >= 4 is 37.9 Å². The first-order valence-electron chi connectivity index (χ1n) is 5.46. The first-order chi connectivity index (χ1) is 9.15. The van der Waals surface area contributed by atoms with Crippen molar-refractivity contribution in [3.05, 3.63) is 29.3 Å². The minimum absolute atomic E-state index is 0.186. The molecule has 0 amide bonds. The molecule has 0 spiro atoms. The molecule has 1 rings (SSSR count). The summed E-state index contributed by atoms with van der Waals surface area (Å²) in [6.07, 6.45) is 0. The fourth-order valence-corrected chi connectivity index (χ4v) is 2.28. The van der Waals surface area contributed by atoms with Gasteiger partial charge < -0.3 is 5.73 Å². The van der Waals surface area contributed by atoms with Crippen LogP contribution in [0.1, 0.15) is 6.92 Å². The highest BCUT2D eigenvalue weighted by Crippen LogP contribution is 2.10. The molecule has 0 fully saturated rings. The second kappa shape index (κ2) is 8.90. The van der Waals surface area contributed by atoms with Gasteiger partial charge in [-0.1, -0.05) is 17.7 Å². The summed E-state index contributed by atoms with van der Waals surface area (Å²) in [5.74, 6) is -0.575. The van der Waals surface area contributed by atoms with Gasteiger partial charge in [0.05, 0.1) is 0 Å². The predicted molar refractivity (Wildman–Crippen MR) is 76.9 cm³/mol. The first-order valence-corrected chi connectivity index (χ1v) is 8.48. The average Bonchev–Trinajstić information content (AvgIpc) is 2.28. The van der Waals surface area contributed by atoms with Crippen molar-refractivity contribution < 1.29 is 25.3 Å². The zero-order chi connectivity index (χ0) is 15.8. The number of rotatable bonds is 4. The lowest BCUT2D eigenvalue weighted by Gasteiger charge is -1.92. The van der Waals surface area contributed by atoms with Gasteiger partial charge in [-0.25, -0.2) is 0 Å². The van der Waals surface area contributed by atoms with Crippen LogP contribution >= 0.6 is 11.6 Å². The molecule has 7 nitrogen and oxygen atoms in total. The highest BCUT2D eigenvalue weighted by molar-refractivity contribution is 7.85. The molecular weight excluding hydrogens is 328 g/mol. The van der Waals surface area contributed by atoms with Crippen LogP contribution < -0.4 is 5.73 Å². The second-order valence-electron chi connectivity index (χ2n) is 3.58. The van der Waals surface area contributed by atoms with Gasteiger partial charge in [-0.05, 0) is 25.1 Å². The third-order valence-corrected chi connectivity index (χ3v) is 3.81. The number of halogens is 1. The molecule has 0 unspecified atom stereocenters. The van der Waals surface area contributed by atoms with Gasteiger partial charge >= 0.3 is 10.5 Å². The Kier molecular flexibility index (Phi) is 8.39. The molecule has 0 radical (unpaired) electrons. The van der Waals surface area contributed by atoms with Gasteiger partial charge in [-0.3, -0.25) is 4.55 Å². The summed E-state index contributed by atoms with van der Waals surface area (Å²) in [5, 5.41) is 0.685. The molecule has 1 aromatic carbocycles. The van der Waals surface area contributed by atoms with Crippen LogP contribution in [-0.2, 0) is 20.6 Å². The van der Waals surface area contributed by atoms with Crippen LogP contribution in [0.4, 0.5) is 5.69 Å². The van der Waals surface area contributed by atoms with Gasteiger partial charge in [0.1, 0.15) is 5.75 Å². The monoisotopic (exact) mass is 343 g/mol. The number of benzene rings is 1. The fraction of sp³-hybridized carbons (Fsp3) is 0.400. The van der Waals surface area contributed by atoms with E-state index in [0.29, 0.717) is 10.7 Å². The summed E-state index contributed by atoms with van der Waals surface area (Å²) < 4.78 is 50.2. The highest BCUT2D eigenvalue weighted by Gasteiger charge is 2.11. The number of nitrogens with two attached hydrogens (primary N) is 1. The van der Waals surface area contributed by atoms with Crippen LogP contribution in [0.15, 0.2) is 24.3 Å². The quantitative estimate of drug-likeness (QED) is 0.476. The number of hydrogen-bond donors (Lipinski definition) is 2. The van der Waals surface area contributed by atoms with Crippen LogP contribution in [0.3, 0.4) is 0 Å². The molecule has 0 aromatic heterocycles. The summed E-state index contributed by atoms with van der Waals surface area (Å²) in [5.41, 5.74) is 6.08. The molecule has 1 aromatic rings. The van der Waals surface area contributed by atoms with Gasteiger partial charge in [0.25, 0.3) is 10.1 Å². The van der Waals surface area contributed by atoms with Crippen molar-refractivity contribution in [2.24, 2.45) is 0 Å². The molecule has 20 heavy (non-hydrogen) atoms. The lowest BCUT2D eigenvalue weighted by molar-refractivity contribution is -0.495. The minimum Gasteiger partial charge on any atom is -0.399 e. The van der Waals surface area contributed by atoms with Crippen LogP contribution in [0, 0.1) is 0 Å². The molecular formula is C10H16ClN2O5S2+. The summed E-state index contributed by atoms with van der Waals surface area (Å²) in [6, 6.07) is 7.11. The van der Waals surface area contributed by atoms with E-state index >= 15 is 0 Å². The topological polar surface area (TPSA) is 118 Å². The third-order valence-electron chi connectivity index (χ3n) is 2.01. The van der Waals surface area contributed by atoms with Crippen molar-refractivity contribution in [1.82, 2.24) is 0 Å². The Hall–Kier alpha value is -1.16. The van der Waals surface area contributed by atoms with Crippen LogP contribution in [0.5, 0.6) is 0 Å². The molecule has 3 N–H and O–H groups in total. The van der Waals surface area contributed by atoms with Crippen molar-refractivity contribution in [3.8, 4) is 0 Å². The van der Waals surface area contributed by atoms with Gasteiger partial charge in [0.2, 0.25) is 0 Å². The van der Waals surface area contributed by atoms with E-state index in [-0.39, 0.29) is 13.1 Å². The molecule has 0 aliphatic carbocycles.